The average molecular weight is 561 g/mol. The van der Waals surface area contributed by atoms with Gasteiger partial charge in [-0.2, -0.15) is 0 Å². The highest BCUT2D eigenvalue weighted by Gasteiger charge is 2.33. The number of hydrogen-bond donors (Lipinski definition) is 0. The summed E-state index contributed by atoms with van der Waals surface area (Å²) in [4.78, 5) is 32.4. The van der Waals surface area contributed by atoms with Gasteiger partial charge < -0.3 is 14.2 Å². The highest BCUT2D eigenvalue weighted by molar-refractivity contribution is 7.07. The van der Waals surface area contributed by atoms with Gasteiger partial charge in [-0.25, -0.2) is 9.79 Å². The first-order chi connectivity index (χ1) is 19.2. The third-order valence-electron chi connectivity index (χ3n) is 6.76. The van der Waals surface area contributed by atoms with Crippen molar-refractivity contribution in [3.63, 3.8) is 0 Å². The fourth-order valence-electron chi connectivity index (χ4n) is 4.89. The van der Waals surface area contributed by atoms with Gasteiger partial charge in [0, 0.05) is 5.56 Å². The van der Waals surface area contributed by atoms with E-state index in [0.29, 0.717) is 51.0 Å². The molecular weight excluding hydrogens is 524 g/mol. The van der Waals surface area contributed by atoms with Gasteiger partial charge in [-0.3, -0.25) is 9.36 Å². The predicted molar refractivity (Wildman–Crippen MR) is 159 cm³/mol. The van der Waals surface area contributed by atoms with Gasteiger partial charge in [0.1, 0.15) is 0 Å². The predicted octanol–water partition coefficient (Wildman–Crippen LogP) is 5.06. The number of hydrogen-bond acceptors (Lipinski definition) is 7. The van der Waals surface area contributed by atoms with Crippen molar-refractivity contribution in [1.82, 2.24) is 4.57 Å². The molecule has 0 aliphatic carbocycles. The average Bonchev–Trinajstić information content (AvgIpc) is 3.22. The summed E-state index contributed by atoms with van der Waals surface area (Å²) in [6.45, 7) is 14.3. The van der Waals surface area contributed by atoms with E-state index < -0.39 is 12.0 Å². The molecule has 0 bridgehead atoms. The maximum Gasteiger partial charge on any atom is 0.338 e. The van der Waals surface area contributed by atoms with Crippen molar-refractivity contribution in [2.75, 3.05) is 20.3 Å². The van der Waals surface area contributed by atoms with Crippen molar-refractivity contribution < 1.29 is 19.0 Å². The number of carbonyl (C=O) groups is 1. The lowest BCUT2D eigenvalue weighted by Crippen LogP contribution is -2.39. The zero-order valence-electron chi connectivity index (χ0n) is 23.9. The Bertz CT molecular complexity index is 1630. The first-order valence-electron chi connectivity index (χ1n) is 13.5. The number of benzene rings is 2. The van der Waals surface area contributed by atoms with Gasteiger partial charge in [-0.1, -0.05) is 55.5 Å². The number of carbonyl (C=O) groups excluding carboxylic acids is 1. The summed E-state index contributed by atoms with van der Waals surface area (Å²) in [7, 11) is 1.61. The van der Waals surface area contributed by atoms with Gasteiger partial charge in [-0.05, 0) is 68.0 Å². The molecule has 0 fully saturated rings. The smallest absolute Gasteiger partial charge is 0.338 e. The van der Waals surface area contributed by atoms with E-state index in [-0.39, 0.29) is 12.2 Å². The standard InChI is InChI=1S/C32H36N2O5S/c1-8-11-24-16-21(17-25(38-9-2)29(24)37-7)18-26-30(35)34-28(23-14-12-22(13-15-23)19(4)5)27(31(36)39-10-3)20(6)33-32(34)40-26/h8,12-19,28H,1,9-11H2,2-7H3/t28-/m0/s1. The van der Waals surface area contributed by atoms with Crippen LogP contribution in [0.2, 0.25) is 0 Å². The molecule has 1 aliphatic heterocycles. The van der Waals surface area contributed by atoms with Gasteiger partial charge in [-0.15, -0.1) is 6.58 Å². The fraction of sp³-hybridized carbons (Fsp3) is 0.344. The van der Waals surface area contributed by atoms with E-state index in [9.17, 15) is 9.59 Å². The summed E-state index contributed by atoms with van der Waals surface area (Å²) in [6, 6.07) is 11.2. The van der Waals surface area contributed by atoms with Gasteiger partial charge >= 0.3 is 5.97 Å². The quantitative estimate of drug-likeness (QED) is 0.256. The Balaban J connectivity index is 1.93. The molecule has 0 unspecified atom stereocenters. The Morgan fingerprint density at radius 1 is 1.18 bits per heavy atom. The maximum absolute atomic E-state index is 14.0. The van der Waals surface area contributed by atoms with Crippen LogP contribution in [0.5, 0.6) is 11.5 Å². The summed E-state index contributed by atoms with van der Waals surface area (Å²) >= 11 is 1.29. The molecule has 1 aromatic heterocycles. The van der Waals surface area contributed by atoms with Crippen LogP contribution in [-0.4, -0.2) is 30.9 Å². The molecule has 2 heterocycles. The van der Waals surface area contributed by atoms with Crippen LogP contribution < -0.4 is 24.4 Å². The monoisotopic (exact) mass is 560 g/mol. The second-order valence-corrected chi connectivity index (χ2v) is 10.8. The number of nitrogens with zero attached hydrogens (tertiary/aromatic N) is 2. The minimum Gasteiger partial charge on any atom is -0.493 e. The summed E-state index contributed by atoms with van der Waals surface area (Å²) < 4.78 is 19.0. The van der Waals surface area contributed by atoms with Crippen molar-refractivity contribution in [3.8, 4) is 11.5 Å². The summed E-state index contributed by atoms with van der Waals surface area (Å²) in [5.74, 6) is 1.14. The number of ether oxygens (including phenoxy) is 3. The molecular formula is C32H36N2O5S. The van der Waals surface area contributed by atoms with Crippen LogP contribution in [0.15, 0.2) is 70.1 Å². The first kappa shape index (κ1) is 29.1. The topological polar surface area (TPSA) is 79.1 Å². The molecule has 2 aromatic carbocycles. The van der Waals surface area contributed by atoms with E-state index >= 15 is 0 Å². The van der Waals surface area contributed by atoms with E-state index in [1.165, 1.54) is 16.9 Å². The minimum atomic E-state index is -0.648. The number of fused-ring (bicyclic) bond motifs is 1. The van der Waals surface area contributed by atoms with E-state index in [1.54, 1.807) is 31.6 Å². The van der Waals surface area contributed by atoms with Crippen LogP contribution in [0.4, 0.5) is 0 Å². The van der Waals surface area contributed by atoms with Crippen LogP contribution >= 0.6 is 11.3 Å². The molecule has 210 valence electrons. The molecule has 40 heavy (non-hydrogen) atoms. The van der Waals surface area contributed by atoms with Gasteiger partial charge in [0.2, 0.25) is 0 Å². The second kappa shape index (κ2) is 12.5. The lowest BCUT2D eigenvalue weighted by atomic mass is 9.93. The van der Waals surface area contributed by atoms with E-state index in [0.717, 1.165) is 16.7 Å². The van der Waals surface area contributed by atoms with Crippen LogP contribution in [0.1, 0.15) is 68.8 Å². The highest BCUT2D eigenvalue weighted by atomic mass is 32.1. The first-order valence-corrected chi connectivity index (χ1v) is 14.3. The number of thiazole rings is 1. The number of esters is 1. The number of methoxy groups -OCH3 is 1. The Hall–Kier alpha value is -3.91. The molecule has 1 aliphatic rings. The molecule has 0 spiro atoms. The van der Waals surface area contributed by atoms with Crippen LogP contribution in [0, 0.1) is 0 Å². The Morgan fingerprint density at radius 2 is 1.90 bits per heavy atom. The summed E-state index contributed by atoms with van der Waals surface area (Å²) in [6.07, 6.45) is 4.22. The SMILES string of the molecule is C=CCc1cc(C=c2sc3n(c2=O)[C@@H](c2ccc(C(C)C)cc2)C(C(=O)OCC)=C(C)N=3)cc(OCC)c1OC. The van der Waals surface area contributed by atoms with Crippen LogP contribution in [0.3, 0.4) is 0 Å². The molecule has 0 saturated carbocycles. The molecule has 1 atom stereocenters. The van der Waals surface area contributed by atoms with Gasteiger partial charge in [0.15, 0.2) is 16.3 Å². The Labute approximate surface area is 238 Å². The van der Waals surface area contributed by atoms with Crippen molar-refractivity contribution >= 4 is 23.4 Å². The normalized spacial score (nSPS) is 15.1. The molecule has 0 amide bonds. The van der Waals surface area contributed by atoms with Crippen molar-refractivity contribution in [3.05, 3.63) is 102 Å². The zero-order chi connectivity index (χ0) is 29.0. The zero-order valence-corrected chi connectivity index (χ0v) is 24.8. The lowest BCUT2D eigenvalue weighted by molar-refractivity contribution is -0.139. The van der Waals surface area contributed by atoms with Crippen LogP contribution in [0.25, 0.3) is 6.08 Å². The molecule has 7 nitrogen and oxygen atoms in total. The summed E-state index contributed by atoms with van der Waals surface area (Å²) in [5.41, 5.74) is 4.39. The fourth-order valence-corrected chi connectivity index (χ4v) is 5.94. The van der Waals surface area contributed by atoms with Gasteiger partial charge in [0.05, 0.1) is 42.2 Å². The maximum atomic E-state index is 14.0. The number of rotatable bonds is 10. The summed E-state index contributed by atoms with van der Waals surface area (Å²) in [5, 5.41) is 0. The van der Waals surface area contributed by atoms with Crippen molar-refractivity contribution in [2.24, 2.45) is 4.99 Å². The number of allylic oxidation sites excluding steroid dienone is 2. The van der Waals surface area contributed by atoms with Crippen LogP contribution in [-0.2, 0) is 16.0 Å². The molecule has 8 heteroatoms. The lowest BCUT2D eigenvalue weighted by Gasteiger charge is -2.25. The third kappa shape index (κ3) is 5.68. The van der Waals surface area contributed by atoms with Gasteiger partial charge in [0.25, 0.3) is 5.56 Å². The van der Waals surface area contributed by atoms with Crippen molar-refractivity contribution in [2.45, 2.75) is 53.0 Å². The third-order valence-corrected chi connectivity index (χ3v) is 7.74. The van der Waals surface area contributed by atoms with E-state index in [4.69, 9.17) is 14.2 Å². The highest BCUT2D eigenvalue weighted by Crippen LogP contribution is 2.34. The molecule has 4 rings (SSSR count). The Kier molecular flexibility index (Phi) is 9.10. The molecule has 0 N–H and O–H groups in total. The largest absolute Gasteiger partial charge is 0.493 e. The van der Waals surface area contributed by atoms with E-state index in [1.807, 2.05) is 49.4 Å². The van der Waals surface area contributed by atoms with E-state index in [2.05, 4.69) is 25.4 Å². The Morgan fingerprint density at radius 3 is 2.50 bits per heavy atom. The second-order valence-electron chi connectivity index (χ2n) is 9.76. The number of aromatic nitrogens is 1. The van der Waals surface area contributed by atoms with Crippen molar-refractivity contribution in [1.29, 1.82) is 0 Å². The molecule has 0 radical (unpaired) electrons. The molecule has 0 saturated heterocycles. The minimum absolute atomic E-state index is 0.227. The molecule has 3 aromatic rings.